The van der Waals surface area contributed by atoms with Gasteiger partial charge in [-0.25, -0.2) is 9.97 Å². The average Bonchev–Trinajstić information content (AvgIpc) is 3.02. The smallest absolute Gasteiger partial charge is 0.261 e. The minimum atomic E-state index is -2.65. The summed E-state index contributed by atoms with van der Waals surface area (Å²) in [7, 11) is -2.65. The Morgan fingerprint density at radius 1 is 0.537 bits per heavy atom. The fourth-order valence-electron chi connectivity index (χ4n) is 5.74. The first kappa shape index (κ1) is 26.8. The van der Waals surface area contributed by atoms with Crippen molar-refractivity contribution in [2.75, 3.05) is 0 Å². The molecule has 0 N–H and O–H groups in total. The molecule has 0 radical (unpaired) electrons. The summed E-state index contributed by atoms with van der Waals surface area (Å²) in [6.45, 7) is 7.42. The quantitative estimate of drug-likeness (QED) is 0.189. The maximum atomic E-state index is 7.20. The first-order valence-corrected chi connectivity index (χ1v) is 16.0. The van der Waals surface area contributed by atoms with Gasteiger partial charge in [0, 0.05) is 11.1 Å². The van der Waals surface area contributed by atoms with E-state index in [0.29, 0.717) is 6.61 Å². The predicted octanol–water partition coefficient (Wildman–Crippen LogP) is 8.04. The third-order valence-electron chi connectivity index (χ3n) is 7.70. The molecule has 4 heteroatoms. The molecule has 0 unspecified atom stereocenters. The van der Waals surface area contributed by atoms with E-state index < -0.39 is 8.32 Å². The van der Waals surface area contributed by atoms with Crippen molar-refractivity contribution in [3.05, 3.63) is 145 Å². The number of aromatic nitrogens is 2. The molecule has 3 nitrogen and oxygen atoms in total. The highest BCUT2D eigenvalue weighted by Gasteiger charge is 2.50. The van der Waals surface area contributed by atoms with Crippen LogP contribution in [-0.2, 0) is 11.0 Å². The molecule has 0 saturated heterocycles. The Labute approximate surface area is 243 Å². The maximum Gasteiger partial charge on any atom is 0.261 e. The van der Waals surface area contributed by atoms with Gasteiger partial charge < -0.3 is 4.43 Å². The lowest BCUT2D eigenvalue weighted by atomic mass is 10.0. The van der Waals surface area contributed by atoms with Crippen molar-refractivity contribution in [3.63, 3.8) is 0 Å². The Kier molecular flexibility index (Phi) is 7.35. The van der Waals surface area contributed by atoms with Crippen molar-refractivity contribution < 1.29 is 4.43 Å². The Hall–Kier alpha value is -4.38. The summed E-state index contributed by atoms with van der Waals surface area (Å²) in [4.78, 5) is 10.3. The van der Waals surface area contributed by atoms with Gasteiger partial charge in [-0.1, -0.05) is 148 Å². The highest BCUT2D eigenvalue weighted by atomic mass is 28.4. The molecule has 0 fully saturated rings. The fourth-order valence-corrected chi connectivity index (χ4v) is 10.3. The molecule has 5 aromatic carbocycles. The molecule has 0 atom stereocenters. The molecule has 0 saturated carbocycles. The van der Waals surface area contributed by atoms with Crippen LogP contribution in [0.5, 0.6) is 0 Å². The molecule has 6 aromatic rings. The van der Waals surface area contributed by atoms with Crippen molar-refractivity contribution in [2.45, 2.75) is 32.4 Å². The van der Waals surface area contributed by atoms with Crippen LogP contribution in [0.4, 0.5) is 0 Å². The van der Waals surface area contributed by atoms with Gasteiger partial charge in [0.1, 0.15) is 0 Å². The minimum Gasteiger partial charge on any atom is -0.403 e. The normalized spacial score (nSPS) is 12.0. The lowest BCUT2D eigenvalue weighted by Crippen LogP contribution is -2.66. The van der Waals surface area contributed by atoms with E-state index in [-0.39, 0.29) is 5.04 Å². The average molecular weight is 551 g/mol. The summed E-state index contributed by atoms with van der Waals surface area (Å²) in [5.41, 5.74) is 6.71. The van der Waals surface area contributed by atoms with Crippen molar-refractivity contribution in [2.24, 2.45) is 0 Å². The van der Waals surface area contributed by atoms with Crippen LogP contribution in [0.2, 0.25) is 5.04 Å². The number of hydrogen-bond acceptors (Lipinski definition) is 3. The summed E-state index contributed by atoms with van der Waals surface area (Å²) < 4.78 is 7.20. The number of fused-ring (bicyclic) bond motifs is 1. The molecular weight excluding hydrogens is 517 g/mol. The van der Waals surface area contributed by atoms with E-state index in [9.17, 15) is 0 Å². The monoisotopic (exact) mass is 550 g/mol. The Bertz CT molecular complexity index is 1710. The van der Waals surface area contributed by atoms with Crippen molar-refractivity contribution in [3.8, 4) is 22.5 Å². The van der Waals surface area contributed by atoms with E-state index in [1.54, 1.807) is 0 Å². The standard InChI is InChI=1S/C37H34N2OSi/c1-37(2,3)41(31-20-12-6-13-21-31,32-22-14-7-15-23-32)40-27-28-24-25-33-34(26-28)39-36(30-18-10-5-11-19-30)35(38-33)29-16-8-4-9-17-29/h4-26H,27H2,1-3H3. The SMILES string of the molecule is CC(C)(C)[Si](OCc1ccc2nc(-c3ccccc3)c(-c3ccccc3)nc2c1)(c1ccccc1)c1ccccc1. The van der Waals surface area contributed by atoms with Crippen LogP contribution >= 0.6 is 0 Å². The molecular formula is C37H34N2OSi. The Morgan fingerprint density at radius 3 is 1.44 bits per heavy atom. The van der Waals surface area contributed by atoms with Crippen LogP contribution < -0.4 is 10.4 Å². The molecule has 0 aliphatic heterocycles. The molecule has 0 aliphatic rings. The second-order valence-electron chi connectivity index (χ2n) is 11.4. The fraction of sp³-hybridized carbons (Fsp3) is 0.135. The summed E-state index contributed by atoms with van der Waals surface area (Å²) in [6.07, 6.45) is 0. The van der Waals surface area contributed by atoms with Gasteiger partial charge in [-0.15, -0.1) is 0 Å². The molecule has 6 rings (SSSR count). The number of nitrogens with zero attached hydrogens (tertiary/aromatic N) is 2. The van der Waals surface area contributed by atoms with Crippen LogP contribution in [0.1, 0.15) is 26.3 Å². The summed E-state index contributed by atoms with van der Waals surface area (Å²) in [6, 6.07) is 48.5. The second-order valence-corrected chi connectivity index (χ2v) is 15.7. The van der Waals surface area contributed by atoms with Gasteiger partial charge in [-0.2, -0.15) is 0 Å². The van der Waals surface area contributed by atoms with Crippen LogP contribution in [0.15, 0.2) is 140 Å². The zero-order valence-electron chi connectivity index (χ0n) is 23.8. The Morgan fingerprint density at radius 2 is 0.976 bits per heavy atom. The molecule has 0 spiro atoms. The van der Waals surface area contributed by atoms with E-state index in [4.69, 9.17) is 14.4 Å². The zero-order chi connectivity index (χ0) is 28.3. The topological polar surface area (TPSA) is 35.0 Å². The van der Waals surface area contributed by atoms with Gasteiger partial charge in [-0.3, -0.25) is 0 Å². The van der Waals surface area contributed by atoms with E-state index in [2.05, 4.69) is 124 Å². The van der Waals surface area contributed by atoms with Crippen LogP contribution in [-0.4, -0.2) is 18.3 Å². The highest BCUT2D eigenvalue weighted by Crippen LogP contribution is 2.37. The van der Waals surface area contributed by atoms with Crippen LogP contribution in [0, 0.1) is 0 Å². The molecule has 202 valence electrons. The van der Waals surface area contributed by atoms with Gasteiger partial charge in [0.05, 0.1) is 29.0 Å². The second kappa shape index (κ2) is 11.2. The van der Waals surface area contributed by atoms with E-state index >= 15 is 0 Å². The van der Waals surface area contributed by atoms with Gasteiger partial charge >= 0.3 is 0 Å². The van der Waals surface area contributed by atoms with E-state index in [1.807, 2.05) is 36.4 Å². The lowest BCUT2D eigenvalue weighted by molar-refractivity contribution is 0.286. The molecule has 1 aromatic heterocycles. The minimum absolute atomic E-state index is 0.0859. The third-order valence-corrected chi connectivity index (χ3v) is 12.7. The molecule has 0 aliphatic carbocycles. The van der Waals surface area contributed by atoms with Gasteiger partial charge in [0.15, 0.2) is 0 Å². The van der Waals surface area contributed by atoms with Crippen molar-refractivity contribution >= 4 is 29.7 Å². The number of benzene rings is 5. The molecule has 41 heavy (non-hydrogen) atoms. The number of hydrogen-bond donors (Lipinski definition) is 0. The van der Waals surface area contributed by atoms with E-state index in [0.717, 1.165) is 39.1 Å². The summed E-state index contributed by atoms with van der Waals surface area (Å²) >= 11 is 0. The Balaban J connectivity index is 1.43. The first-order valence-electron chi connectivity index (χ1n) is 14.1. The lowest BCUT2D eigenvalue weighted by Gasteiger charge is -2.43. The van der Waals surface area contributed by atoms with Gasteiger partial charge in [-0.05, 0) is 33.1 Å². The molecule has 0 amide bonds. The van der Waals surface area contributed by atoms with Gasteiger partial charge in [0.2, 0.25) is 0 Å². The molecule has 0 bridgehead atoms. The van der Waals surface area contributed by atoms with E-state index in [1.165, 1.54) is 10.4 Å². The van der Waals surface area contributed by atoms with Crippen LogP contribution in [0.3, 0.4) is 0 Å². The maximum absolute atomic E-state index is 7.20. The van der Waals surface area contributed by atoms with Crippen molar-refractivity contribution in [1.29, 1.82) is 0 Å². The number of rotatable bonds is 7. The van der Waals surface area contributed by atoms with Gasteiger partial charge in [0.25, 0.3) is 8.32 Å². The van der Waals surface area contributed by atoms with Crippen molar-refractivity contribution in [1.82, 2.24) is 9.97 Å². The largest absolute Gasteiger partial charge is 0.403 e. The molecule has 1 heterocycles. The first-order chi connectivity index (χ1) is 20.0. The third kappa shape index (κ3) is 5.24. The van der Waals surface area contributed by atoms with Crippen LogP contribution in [0.25, 0.3) is 33.5 Å². The summed E-state index contributed by atoms with van der Waals surface area (Å²) in [5.74, 6) is 0. The predicted molar refractivity (Wildman–Crippen MR) is 173 cm³/mol. The zero-order valence-corrected chi connectivity index (χ0v) is 24.8. The summed E-state index contributed by atoms with van der Waals surface area (Å²) in [5, 5.41) is 2.47. The highest BCUT2D eigenvalue weighted by molar-refractivity contribution is 6.99.